The summed E-state index contributed by atoms with van der Waals surface area (Å²) < 4.78 is 37.1. The zero-order chi connectivity index (χ0) is 18.4. The topological polar surface area (TPSA) is 99.9 Å². The van der Waals surface area contributed by atoms with Gasteiger partial charge in [0.15, 0.2) is 0 Å². The number of nitrogens with zero attached hydrogens (tertiary/aromatic N) is 3. The van der Waals surface area contributed by atoms with Gasteiger partial charge in [-0.05, 0) is 32.0 Å². The number of piperazine rings is 1. The second kappa shape index (κ2) is 8.18. The van der Waals surface area contributed by atoms with Crippen LogP contribution in [0.25, 0.3) is 0 Å². The van der Waals surface area contributed by atoms with Crippen LogP contribution in [0.2, 0.25) is 0 Å². The van der Waals surface area contributed by atoms with E-state index < -0.39 is 16.1 Å². The van der Waals surface area contributed by atoms with Gasteiger partial charge in [-0.15, -0.1) is 0 Å². The number of benzene rings is 1. The minimum Gasteiger partial charge on any atom is -0.492 e. The minimum absolute atomic E-state index is 0.0390. The first-order valence-corrected chi connectivity index (χ1v) is 9.46. The first-order valence-electron chi connectivity index (χ1n) is 8.02. The van der Waals surface area contributed by atoms with Crippen LogP contribution < -0.4 is 4.74 Å². The van der Waals surface area contributed by atoms with E-state index >= 15 is 0 Å². The first kappa shape index (κ1) is 19.0. The van der Waals surface area contributed by atoms with Crippen LogP contribution in [0.1, 0.15) is 19.4 Å². The van der Waals surface area contributed by atoms with Crippen LogP contribution in [0.15, 0.2) is 23.1 Å². The maximum Gasteiger partial charge on any atom is 0.409 e. The van der Waals surface area contributed by atoms with E-state index in [2.05, 4.69) is 0 Å². The molecule has 1 aromatic carbocycles. The molecular formula is C16H21N3O5S. The Hall–Kier alpha value is -2.31. The summed E-state index contributed by atoms with van der Waals surface area (Å²) in [6, 6.07) is 6.19. The standard InChI is InChI=1S/C16H21N3O5S/c1-3-23-15-6-5-14(11-13(15)12-17)25(21,22)19-9-7-18(8-10-19)16(20)24-4-2/h5-6,11H,3-4,7-10H2,1-2H3. The average molecular weight is 367 g/mol. The Bertz CT molecular complexity index is 764. The van der Waals surface area contributed by atoms with Crippen molar-refractivity contribution in [3.8, 4) is 11.8 Å². The molecule has 1 aromatic rings. The molecule has 0 bridgehead atoms. The quantitative estimate of drug-likeness (QED) is 0.780. The van der Waals surface area contributed by atoms with Crippen molar-refractivity contribution >= 4 is 16.1 Å². The lowest BCUT2D eigenvalue weighted by molar-refractivity contribution is 0.0934. The van der Waals surface area contributed by atoms with E-state index in [1.165, 1.54) is 27.4 Å². The van der Waals surface area contributed by atoms with E-state index in [0.29, 0.717) is 12.4 Å². The van der Waals surface area contributed by atoms with Gasteiger partial charge in [-0.1, -0.05) is 0 Å². The third kappa shape index (κ3) is 4.21. The zero-order valence-electron chi connectivity index (χ0n) is 14.3. The molecule has 0 N–H and O–H groups in total. The predicted octanol–water partition coefficient (Wildman–Crippen LogP) is 1.42. The van der Waals surface area contributed by atoms with E-state index in [1.807, 2.05) is 6.07 Å². The van der Waals surface area contributed by atoms with E-state index in [4.69, 9.17) is 9.47 Å². The molecule has 0 atom stereocenters. The molecule has 1 amide bonds. The molecule has 1 fully saturated rings. The Morgan fingerprint density at radius 3 is 2.44 bits per heavy atom. The Kier molecular flexibility index (Phi) is 6.22. The fourth-order valence-corrected chi connectivity index (χ4v) is 3.96. The number of amides is 1. The minimum atomic E-state index is -3.74. The van der Waals surface area contributed by atoms with E-state index in [9.17, 15) is 18.5 Å². The molecule has 0 spiro atoms. The number of sulfonamides is 1. The maximum atomic E-state index is 12.8. The van der Waals surface area contributed by atoms with E-state index in [0.717, 1.165) is 0 Å². The van der Waals surface area contributed by atoms with Gasteiger partial charge in [0.1, 0.15) is 11.8 Å². The number of rotatable bonds is 5. The number of nitriles is 1. The molecule has 2 rings (SSSR count). The lowest BCUT2D eigenvalue weighted by atomic mass is 10.2. The van der Waals surface area contributed by atoms with Crippen LogP contribution in [-0.2, 0) is 14.8 Å². The van der Waals surface area contributed by atoms with Crippen molar-refractivity contribution in [2.75, 3.05) is 39.4 Å². The summed E-state index contributed by atoms with van der Waals surface area (Å²) in [4.78, 5) is 13.2. The first-order chi connectivity index (χ1) is 11.9. The van der Waals surface area contributed by atoms with Crippen molar-refractivity contribution in [1.29, 1.82) is 5.26 Å². The predicted molar refractivity (Wildman–Crippen MR) is 89.7 cm³/mol. The number of ether oxygens (including phenoxy) is 2. The van der Waals surface area contributed by atoms with Gasteiger partial charge < -0.3 is 14.4 Å². The van der Waals surface area contributed by atoms with Crippen LogP contribution in [0.4, 0.5) is 4.79 Å². The van der Waals surface area contributed by atoms with Crippen LogP contribution in [-0.4, -0.2) is 63.1 Å². The van der Waals surface area contributed by atoms with Gasteiger partial charge in [0.05, 0.1) is 23.7 Å². The van der Waals surface area contributed by atoms with Crippen molar-refractivity contribution in [3.05, 3.63) is 23.8 Å². The molecule has 9 heteroatoms. The van der Waals surface area contributed by atoms with Crippen molar-refractivity contribution < 1.29 is 22.7 Å². The van der Waals surface area contributed by atoms with Crippen LogP contribution >= 0.6 is 0 Å². The number of hydrogen-bond donors (Lipinski definition) is 0. The average Bonchev–Trinajstić information content (AvgIpc) is 2.62. The second-order valence-electron chi connectivity index (χ2n) is 5.29. The van der Waals surface area contributed by atoms with Gasteiger partial charge in [-0.3, -0.25) is 0 Å². The summed E-state index contributed by atoms with van der Waals surface area (Å²) in [5.74, 6) is 0.357. The molecule has 0 radical (unpaired) electrons. The van der Waals surface area contributed by atoms with Gasteiger partial charge in [-0.25, -0.2) is 13.2 Å². The lowest BCUT2D eigenvalue weighted by Crippen LogP contribution is -2.50. The smallest absolute Gasteiger partial charge is 0.409 e. The molecule has 1 saturated heterocycles. The summed E-state index contributed by atoms with van der Waals surface area (Å²) in [6.45, 7) is 5.05. The monoisotopic (exact) mass is 367 g/mol. The highest BCUT2D eigenvalue weighted by molar-refractivity contribution is 7.89. The molecule has 0 aliphatic carbocycles. The highest BCUT2D eigenvalue weighted by atomic mass is 32.2. The molecule has 25 heavy (non-hydrogen) atoms. The molecule has 0 saturated carbocycles. The number of carbonyl (C=O) groups is 1. The second-order valence-corrected chi connectivity index (χ2v) is 7.23. The third-order valence-corrected chi connectivity index (χ3v) is 5.67. The third-order valence-electron chi connectivity index (χ3n) is 3.77. The zero-order valence-corrected chi connectivity index (χ0v) is 15.1. The van der Waals surface area contributed by atoms with Crippen LogP contribution in [0, 0.1) is 11.3 Å². The molecule has 1 aliphatic rings. The van der Waals surface area contributed by atoms with Gasteiger partial charge in [0.25, 0.3) is 0 Å². The number of hydrogen-bond acceptors (Lipinski definition) is 6. The number of carbonyl (C=O) groups excluding carboxylic acids is 1. The molecule has 136 valence electrons. The fourth-order valence-electron chi connectivity index (χ4n) is 2.51. The Labute approximate surface area is 147 Å². The highest BCUT2D eigenvalue weighted by Crippen LogP contribution is 2.25. The summed E-state index contributed by atoms with van der Waals surface area (Å²) in [5.41, 5.74) is 0.174. The molecule has 0 aromatic heterocycles. The largest absolute Gasteiger partial charge is 0.492 e. The Balaban J connectivity index is 2.15. The summed E-state index contributed by atoms with van der Waals surface area (Å²) in [7, 11) is -3.74. The van der Waals surface area contributed by atoms with Gasteiger partial charge >= 0.3 is 6.09 Å². The summed E-state index contributed by atoms with van der Waals surface area (Å²) in [5, 5.41) is 9.20. The summed E-state index contributed by atoms with van der Waals surface area (Å²) >= 11 is 0. The molecule has 8 nitrogen and oxygen atoms in total. The van der Waals surface area contributed by atoms with Crippen LogP contribution in [0.5, 0.6) is 5.75 Å². The summed E-state index contributed by atoms with van der Waals surface area (Å²) in [6.07, 6.45) is -0.438. The van der Waals surface area contributed by atoms with Gasteiger partial charge in [0, 0.05) is 26.2 Å². The molecular weight excluding hydrogens is 346 g/mol. The lowest BCUT2D eigenvalue weighted by Gasteiger charge is -2.33. The van der Waals surface area contributed by atoms with E-state index in [-0.39, 0.29) is 43.2 Å². The Morgan fingerprint density at radius 1 is 1.20 bits per heavy atom. The maximum absolute atomic E-state index is 12.8. The van der Waals surface area contributed by atoms with Crippen molar-refractivity contribution in [2.45, 2.75) is 18.7 Å². The van der Waals surface area contributed by atoms with Crippen molar-refractivity contribution in [2.24, 2.45) is 0 Å². The van der Waals surface area contributed by atoms with Crippen LogP contribution in [0.3, 0.4) is 0 Å². The SMILES string of the molecule is CCOC(=O)N1CCN(S(=O)(=O)c2ccc(OCC)c(C#N)c2)CC1. The Morgan fingerprint density at radius 2 is 1.88 bits per heavy atom. The van der Waals surface area contributed by atoms with Gasteiger partial charge in [-0.2, -0.15) is 9.57 Å². The fraction of sp³-hybridized carbons (Fsp3) is 0.500. The van der Waals surface area contributed by atoms with E-state index in [1.54, 1.807) is 13.8 Å². The molecule has 0 unspecified atom stereocenters. The molecule has 1 aliphatic heterocycles. The molecule has 1 heterocycles. The van der Waals surface area contributed by atoms with Crippen molar-refractivity contribution in [1.82, 2.24) is 9.21 Å². The normalized spacial score (nSPS) is 15.5. The highest BCUT2D eigenvalue weighted by Gasteiger charge is 2.31. The van der Waals surface area contributed by atoms with Crippen molar-refractivity contribution in [3.63, 3.8) is 0 Å². The van der Waals surface area contributed by atoms with Gasteiger partial charge in [0.2, 0.25) is 10.0 Å².